The van der Waals surface area contributed by atoms with E-state index in [-0.39, 0.29) is 0 Å². The van der Waals surface area contributed by atoms with E-state index in [1.165, 1.54) is 7.11 Å². The molecule has 0 saturated heterocycles. The predicted octanol–water partition coefficient (Wildman–Crippen LogP) is 2.09. The summed E-state index contributed by atoms with van der Waals surface area (Å²) >= 11 is 0. The maximum absolute atomic E-state index is 11.0. The molecule has 4 heteroatoms. The van der Waals surface area contributed by atoms with Gasteiger partial charge in [-0.1, -0.05) is 19.1 Å². The number of rotatable bonds is 5. The van der Waals surface area contributed by atoms with Crippen LogP contribution in [-0.4, -0.2) is 24.5 Å². The highest BCUT2D eigenvalue weighted by atomic mass is 16.5. The Morgan fingerprint density at radius 3 is 2.69 bits per heavy atom. The van der Waals surface area contributed by atoms with E-state index in [1.807, 2.05) is 0 Å². The number of methoxy groups -OCH3 is 1. The van der Waals surface area contributed by atoms with Gasteiger partial charge in [0.05, 0.1) is 13.0 Å². The van der Waals surface area contributed by atoms with Gasteiger partial charge in [0, 0.05) is 11.1 Å². The van der Waals surface area contributed by atoms with Gasteiger partial charge in [0.25, 0.3) is 0 Å². The van der Waals surface area contributed by atoms with Gasteiger partial charge in [0.15, 0.2) is 0 Å². The van der Waals surface area contributed by atoms with Crippen LogP contribution in [0.25, 0.3) is 0 Å². The Bertz CT molecular complexity index is 398. The number of carboxylic acids is 1. The molecule has 0 aliphatic carbocycles. The zero-order chi connectivity index (χ0) is 12.1. The van der Waals surface area contributed by atoms with Crippen LogP contribution in [0.4, 0.5) is 0 Å². The molecule has 0 aliphatic heterocycles. The zero-order valence-electron chi connectivity index (χ0n) is 9.27. The fourth-order valence-electron chi connectivity index (χ4n) is 1.62. The smallest absolute Gasteiger partial charge is 0.311 e. The summed E-state index contributed by atoms with van der Waals surface area (Å²) < 4.78 is 5.10. The van der Waals surface area contributed by atoms with E-state index in [2.05, 4.69) is 0 Å². The summed E-state index contributed by atoms with van der Waals surface area (Å²) in [4.78, 5) is 21.6. The lowest BCUT2D eigenvalue weighted by Crippen LogP contribution is -2.11. The summed E-state index contributed by atoms with van der Waals surface area (Å²) in [5.74, 6) is -1.05. The van der Waals surface area contributed by atoms with Crippen molar-refractivity contribution in [3.8, 4) is 5.75 Å². The van der Waals surface area contributed by atoms with Crippen molar-refractivity contribution in [2.24, 2.45) is 0 Å². The highest BCUT2D eigenvalue weighted by molar-refractivity contribution is 5.80. The van der Waals surface area contributed by atoms with Gasteiger partial charge in [-0.15, -0.1) is 0 Å². The summed E-state index contributed by atoms with van der Waals surface area (Å²) in [6, 6.07) is 4.77. The minimum Gasteiger partial charge on any atom is -0.496 e. The van der Waals surface area contributed by atoms with Gasteiger partial charge in [0.1, 0.15) is 12.0 Å². The third-order valence-corrected chi connectivity index (χ3v) is 2.48. The van der Waals surface area contributed by atoms with Crippen LogP contribution in [0.3, 0.4) is 0 Å². The van der Waals surface area contributed by atoms with Crippen molar-refractivity contribution >= 4 is 12.3 Å². The Labute approximate surface area is 93.9 Å². The number of carbonyl (C=O) groups is 2. The first-order valence-corrected chi connectivity index (χ1v) is 5.00. The van der Waals surface area contributed by atoms with Crippen molar-refractivity contribution in [2.75, 3.05) is 7.11 Å². The standard InChI is InChI=1S/C12H14O4/c1-3-9(12(14)15)10-5-4-8(7-13)6-11(10)16-2/h4-7,9H,3H2,1-2H3,(H,14,15). The maximum atomic E-state index is 11.0. The van der Waals surface area contributed by atoms with Crippen LogP contribution in [0.5, 0.6) is 5.75 Å². The topological polar surface area (TPSA) is 63.6 Å². The van der Waals surface area contributed by atoms with Crippen LogP contribution in [0.1, 0.15) is 35.2 Å². The van der Waals surface area contributed by atoms with E-state index in [4.69, 9.17) is 9.84 Å². The van der Waals surface area contributed by atoms with Gasteiger partial charge < -0.3 is 9.84 Å². The van der Waals surface area contributed by atoms with E-state index < -0.39 is 11.9 Å². The number of aliphatic carboxylic acids is 1. The fraction of sp³-hybridized carbons (Fsp3) is 0.333. The number of ether oxygens (including phenoxy) is 1. The van der Waals surface area contributed by atoms with Gasteiger partial charge in [-0.3, -0.25) is 9.59 Å². The molecule has 1 rings (SSSR count). The van der Waals surface area contributed by atoms with Crippen molar-refractivity contribution < 1.29 is 19.4 Å². The Morgan fingerprint density at radius 1 is 1.56 bits per heavy atom. The van der Waals surface area contributed by atoms with Gasteiger partial charge >= 0.3 is 5.97 Å². The molecular formula is C12H14O4. The lowest BCUT2D eigenvalue weighted by atomic mass is 9.95. The molecule has 0 spiro atoms. The van der Waals surface area contributed by atoms with Crippen LogP contribution in [-0.2, 0) is 4.79 Å². The molecule has 86 valence electrons. The van der Waals surface area contributed by atoms with Crippen LogP contribution >= 0.6 is 0 Å². The lowest BCUT2D eigenvalue weighted by molar-refractivity contribution is -0.138. The molecule has 0 radical (unpaired) electrons. The summed E-state index contributed by atoms with van der Waals surface area (Å²) in [5, 5.41) is 9.05. The summed E-state index contributed by atoms with van der Waals surface area (Å²) in [6.07, 6.45) is 1.18. The third kappa shape index (κ3) is 2.39. The first kappa shape index (κ1) is 12.2. The van der Waals surface area contributed by atoms with Crippen LogP contribution in [0, 0.1) is 0 Å². The SMILES string of the molecule is CCC(C(=O)O)c1ccc(C=O)cc1OC. The van der Waals surface area contributed by atoms with Gasteiger partial charge in [-0.2, -0.15) is 0 Å². The molecule has 0 aromatic heterocycles. The van der Waals surface area contributed by atoms with E-state index in [0.717, 1.165) is 0 Å². The number of carbonyl (C=O) groups excluding carboxylic acids is 1. The average molecular weight is 222 g/mol. The Morgan fingerprint density at radius 2 is 2.25 bits per heavy atom. The molecule has 1 N–H and O–H groups in total. The molecule has 0 bridgehead atoms. The van der Waals surface area contributed by atoms with Crippen molar-refractivity contribution in [3.05, 3.63) is 29.3 Å². The minimum atomic E-state index is -0.889. The molecule has 1 atom stereocenters. The van der Waals surface area contributed by atoms with E-state index >= 15 is 0 Å². The minimum absolute atomic E-state index is 0.443. The van der Waals surface area contributed by atoms with Gasteiger partial charge in [-0.05, 0) is 12.5 Å². The molecule has 0 saturated carbocycles. The zero-order valence-corrected chi connectivity index (χ0v) is 9.27. The summed E-state index contributed by atoms with van der Waals surface area (Å²) in [6.45, 7) is 1.80. The van der Waals surface area contributed by atoms with Gasteiger partial charge in [-0.25, -0.2) is 0 Å². The molecule has 1 aromatic rings. The monoisotopic (exact) mass is 222 g/mol. The second-order valence-corrected chi connectivity index (χ2v) is 3.42. The highest BCUT2D eigenvalue weighted by Gasteiger charge is 2.21. The molecular weight excluding hydrogens is 208 g/mol. The number of hydrogen-bond acceptors (Lipinski definition) is 3. The second kappa shape index (κ2) is 5.30. The van der Waals surface area contributed by atoms with Crippen molar-refractivity contribution in [1.82, 2.24) is 0 Å². The number of benzene rings is 1. The van der Waals surface area contributed by atoms with Gasteiger partial charge in [0.2, 0.25) is 0 Å². The van der Waals surface area contributed by atoms with Crippen molar-refractivity contribution in [3.63, 3.8) is 0 Å². The van der Waals surface area contributed by atoms with Crippen molar-refractivity contribution in [1.29, 1.82) is 0 Å². The Kier molecular flexibility index (Phi) is 4.05. The summed E-state index contributed by atoms with van der Waals surface area (Å²) in [5.41, 5.74) is 1.07. The summed E-state index contributed by atoms with van der Waals surface area (Å²) in [7, 11) is 1.46. The quantitative estimate of drug-likeness (QED) is 0.775. The maximum Gasteiger partial charge on any atom is 0.311 e. The molecule has 1 unspecified atom stereocenters. The highest BCUT2D eigenvalue weighted by Crippen LogP contribution is 2.29. The van der Waals surface area contributed by atoms with Crippen molar-refractivity contribution in [2.45, 2.75) is 19.3 Å². The number of carboxylic acid groups (broad SMARTS) is 1. The van der Waals surface area contributed by atoms with E-state index in [0.29, 0.717) is 29.6 Å². The van der Waals surface area contributed by atoms with Crippen LogP contribution in [0.2, 0.25) is 0 Å². The van der Waals surface area contributed by atoms with Crippen LogP contribution < -0.4 is 4.74 Å². The van der Waals surface area contributed by atoms with E-state index in [9.17, 15) is 9.59 Å². The third-order valence-electron chi connectivity index (χ3n) is 2.48. The largest absolute Gasteiger partial charge is 0.496 e. The molecule has 0 aliphatic rings. The number of hydrogen-bond donors (Lipinski definition) is 1. The first-order chi connectivity index (χ1) is 7.63. The van der Waals surface area contributed by atoms with E-state index in [1.54, 1.807) is 25.1 Å². The molecule has 0 heterocycles. The lowest BCUT2D eigenvalue weighted by Gasteiger charge is -2.14. The molecule has 0 fully saturated rings. The normalized spacial score (nSPS) is 11.9. The molecule has 0 amide bonds. The Balaban J connectivity index is 3.21. The Hall–Kier alpha value is -1.84. The van der Waals surface area contributed by atoms with Crippen LogP contribution in [0.15, 0.2) is 18.2 Å². The molecule has 4 nitrogen and oxygen atoms in total. The second-order valence-electron chi connectivity index (χ2n) is 3.42. The fourth-order valence-corrected chi connectivity index (χ4v) is 1.62. The molecule has 16 heavy (non-hydrogen) atoms. The predicted molar refractivity (Wildman–Crippen MR) is 59.0 cm³/mol. The molecule has 1 aromatic carbocycles. The number of aldehydes is 1. The average Bonchev–Trinajstić information content (AvgIpc) is 2.29. The first-order valence-electron chi connectivity index (χ1n) is 5.00.